The van der Waals surface area contributed by atoms with E-state index >= 15 is 0 Å². The van der Waals surface area contributed by atoms with Gasteiger partial charge in [0.15, 0.2) is 0 Å². The fraction of sp³-hybridized carbons (Fsp3) is 0.294. The molecule has 0 aliphatic heterocycles. The number of hydrogen-bond acceptors (Lipinski definition) is 3. The molecular formula is C17H19N3OS. The lowest BCUT2D eigenvalue weighted by atomic mass is 10.2. The first kappa shape index (κ1) is 14.8. The molecule has 2 heterocycles. The molecule has 0 unspecified atom stereocenters. The first-order chi connectivity index (χ1) is 10.7. The first-order valence-corrected chi connectivity index (χ1v) is 8.34. The molecule has 0 fully saturated rings. The number of carbonyl (C=O) groups is 1. The molecule has 0 saturated heterocycles. The largest absolute Gasteiger partial charge is 0.346 e. The van der Waals surface area contributed by atoms with Crippen molar-refractivity contribution in [2.24, 2.45) is 0 Å². The monoisotopic (exact) mass is 313 g/mol. The molecule has 3 rings (SSSR count). The number of benzene rings is 1. The summed E-state index contributed by atoms with van der Waals surface area (Å²) in [6, 6.07) is 11.9. The minimum atomic E-state index is -0.111. The van der Waals surface area contributed by atoms with Crippen molar-refractivity contribution >= 4 is 28.3 Å². The highest BCUT2D eigenvalue weighted by Gasteiger charge is 2.17. The number of carbonyl (C=O) groups excluding carboxylic acids is 1. The number of para-hydroxylation sites is 2. The molecule has 1 atom stereocenters. The fourth-order valence-corrected chi connectivity index (χ4v) is 3.39. The SMILES string of the molecule is CCn1c([C@@H](C)NC(=O)Cc2cccs2)nc2ccccc21. The molecule has 1 amide bonds. The summed E-state index contributed by atoms with van der Waals surface area (Å²) in [5.74, 6) is 0.938. The average molecular weight is 313 g/mol. The Balaban J connectivity index is 1.79. The van der Waals surface area contributed by atoms with E-state index in [4.69, 9.17) is 0 Å². The van der Waals surface area contributed by atoms with E-state index in [-0.39, 0.29) is 11.9 Å². The van der Waals surface area contributed by atoms with Crippen LogP contribution in [0.1, 0.15) is 30.6 Å². The van der Waals surface area contributed by atoms with Gasteiger partial charge in [0.1, 0.15) is 5.82 Å². The normalized spacial score (nSPS) is 12.5. The standard InChI is InChI=1S/C17H19N3OS/c1-3-20-15-9-5-4-8-14(15)19-17(20)12(2)18-16(21)11-13-7-6-10-22-13/h4-10,12H,3,11H2,1-2H3,(H,18,21)/t12-/m1/s1. The topological polar surface area (TPSA) is 46.9 Å². The van der Waals surface area contributed by atoms with Gasteiger partial charge in [-0.3, -0.25) is 4.79 Å². The molecule has 2 aromatic heterocycles. The van der Waals surface area contributed by atoms with Crippen molar-refractivity contribution in [2.75, 3.05) is 0 Å². The Morgan fingerprint density at radius 2 is 2.14 bits per heavy atom. The molecule has 0 aliphatic carbocycles. The third-order valence-electron chi connectivity index (χ3n) is 3.68. The molecule has 0 radical (unpaired) electrons. The van der Waals surface area contributed by atoms with Gasteiger partial charge in [0.25, 0.3) is 0 Å². The average Bonchev–Trinajstić information content (AvgIpc) is 3.13. The van der Waals surface area contributed by atoms with E-state index in [9.17, 15) is 4.79 Å². The molecule has 22 heavy (non-hydrogen) atoms. The lowest BCUT2D eigenvalue weighted by molar-refractivity contribution is -0.121. The Bertz CT molecular complexity index is 776. The van der Waals surface area contributed by atoms with Gasteiger partial charge in [-0.2, -0.15) is 0 Å². The summed E-state index contributed by atoms with van der Waals surface area (Å²) in [5.41, 5.74) is 2.08. The Kier molecular flexibility index (Phi) is 4.24. The number of hydrogen-bond donors (Lipinski definition) is 1. The number of amides is 1. The van der Waals surface area contributed by atoms with Gasteiger partial charge in [-0.15, -0.1) is 11.3 Å². The molecule has 0 spiro atoms. The minimum Gasteiger partial charge on any atom is -0.346 e. The van der Waals surface area contributed by atoms with Crippen molar-refractivity contribution in [3.63, 3.8) is 0 Å². The molecule has 0 aliphatic rings. The number of aromatic nitrogens is 2. The predicted octanol–water partition coefficient (Wildman–Crippen LogP) is 3.54. The van der Waals surface area contributed by atoms with E-state index in [2.05, 4.69) is 27.9 Å². The quantitative estimate of drug-likeness (QED) is 0.783. The van der Waals surface area contributed by atoms with E-state index in [0.717, 1.165) is 28.3 Å². The van der Waals surface area contributed by atoms with Gasteiger partial charge in [0, 0.05) is 11.4 Å². The van der Waals surface area contributed by atoms with Crippen LogP contribution in [0.3, 0.4) is 0 Å². The Hall–Kier alpha value is -2.14. The molecule has 5 heteroatoms. The second kappa shape index (κ2) is 6.32. The van der Waals surface area contributed by atoms with Crippen LogP contribution in [-0.2, 0) is 17.8 Å². The van der Waals surface area contributed by atoms with Gasteiger partial charge in [-0.25, -0.2) is 4.98 Å². The van der Waals surface area contributed by atoms with Crippen LogP contribution < -0.4 is 5.32 Å². The number of nitrogens with one attached hydrogen (secondary N) is 1. The van der Waals surface area contributed by atoms with Crippen LogP contribution in [0.4, 0.5) is 0 Å². The number of aryl methyl sites for hydroxylation is 1. The zero-order valence-electron chi connectivity index (χ0n) is 12.7. The summed E-state index contributed by atoms with van der Waals surface area (Å²) in [4.78, 5) is 17.9. The minimum absolute atomic E-state index is 0.0321. The summed E-state index contributed by atoms with van der Waals surface area (Å²) in [5, 5.41) is 5.04. The zero-order chi connectivity index (χ0) is 15.5. The summed E-state index contributed by atoms with van der Waals surface area (Å²) >= 11 is 1.60. The Morgan fingerprint density at radius 3 is 2.86 bits per heavy atom. The molecule has 114 valence electrons. The predicted molar refractivity (Wildman–Crippen MR) is 90.0 cm³/mol. The van der Waals surface area contributed by atoms with E-state index < -0.39 is 0 Å². The van der Waals surface area contributed by atoms with Gasteiger partial charge in [0.05, 0.1) is 23.5 Å². The maximum atomic E-state index is 12.2. The third-order valence-corrected chi connectivity index (χ3v) is 4.56. The van der Waals surface area contributed by atoms with Gasteiger partial charge in [0.2, 0.25) is 5.91 Å². The summed E-state index contributed by atoms with van der Waals surface area (Å²) in [6.45, 7) is 4.92. The second-order valence-corrected chi connectivity index (χ2v) is 6.28. The number of imidazole rings is 1. The van der Waals surface area contributed by atoms with Crippen LogP contribution in [0.25, 0.3) is 11.0 Å². The number of nitrogens with zero attached hydrogens (tertiary/aromatic N) is 2. The van der Waals surface area contributed by atoms with Crippen molar-refractivity contribution in [3.8, 4) is 0 Å². The van der Waals surface area contributed by atoms with Gasteiger partial charge in [-0.05, 0) is 37.4 Å². The van der Waals surface area contributed by atoms with E-state index in [1.54, 1.807) is 11.3 Å². The Morgan fingerprint density at radius 1 is 1.32 bits per heavy atom. The van der Waals surface area contributed by atoms with Gasteiger partial charge >= 0.3 is 0 Å². The lowest BCUT2D eigenvalue weighted by Crippen LogP contribution is -2.29. The van der Waals surface area contributed by atoms with Gasteiger partial charge < -0.3 is 9.88 Å². The van der Waals surface area contributed by atoms with Crippen molar-refractivity contribution in [1.29, 1.82) is 0 Å². The maximum absolute atomic E-state index is 12.2. The smallest absolute Gasteiger partial charge is 0.225 e. The number of rotatable bonds is 5. The van der Waals surface area contributed by atoms with Crippen molar-refractivity contribution in [2.45, 2.75) is 32.9 Å². The highest BCUT2D eigenvalue weighted by atomic mass is 32.1. The highest BCUT2D eigenvalue weighted by molar-refractivity contribution is 7.10. The van der Waals surface area contributed by atoms with Crippen molar-refractivity contribution in [3.05, 3.63) is 52.5 Å². The summed E-state index contributed by atoms with van der Waals surface area (Å²) in [6.07, 6.45) is 0.425. The molecule has 0 bridgehead atoms. The Labute approximate surface area is 133 Å². The molecule has 1 aromatic carbocycles. The second-order valence-electron chi connectivity index (χ2n) is 5.25. The molecular weight excluding hydrogens is 294 g/mol. The zero-order valence-corrected chi connectivity index (χ0v) is 13.6. The van der Waals surface area contributed by atoms with Gasteiger partial charge in [-0.1, -0.05) is 18.2 Å². The number of fused-ring (bicyclic) bond motifs is 1. The molecule has 4 nitrogen and oxygen atoms in total. The van der Waals surface area contributed by atoms with Crippen LogP contribution in [-0.4, -0.2) is 15.5 Å². The lowest BCUT2D eigenvalue weighted by Gasteiger charge is -2.15. The van der Waals surface area contributed by atoms with E-state index in [1.807, 2.05) is 42.6 Å². The molecule has 0 saturated carbocycles. The van der Waals surface area contributed by atoms with Crippen LogP contribution in [0.2, 0.25) is 0 Å². The van der Waals surface area contributed by atoms with Crippen molar-refractivity contribution < 1.29 is 4.79 Å². The van der Waals surface area contributed by atoms with E-state index in [0.29, 0.717) is 6.42 Å². The molecule has 3 aromatic rings. The van der Waals surface area contributed by atoms with E-state index in [1.165, 1.54) is 0 Å². The van der Waals surface area contributed by atoms with Crippen molar-refractivity contribution in [1.82, 2.24) is 14.9 Å². The highest BCUT2D eigenvalue weighted by Crippen LogP contribution is 2.21. The van der Waals surface area contributed by atoms with Crippen LogP contribution in [0.15, 0.2) is 41.8 Å². The number of thiophene rings is 1. The molecule has 1 N–H and O–H groups in total. The maximum Gasteiger partial charge on any atom is 0.225 e. The first-order valence-electron chi connectivity index (χ1n) is 7.46. The summed E-state index contributed by atoms with van der Waals surface area (Å²) < 4.78 is 2.16. The fourth-order valence-electron chi connectivity index (χ4n) is 2.69. The van der Waals surface area contributed by atoms with Crippen LogP contribution >= 0.6 is 11.3 Å². The third kappa shape index (κ3) is 2.90. The van der Waals surface area contributed by atoms with Crippen LogP contribution in [0, 0.1) is 0 Å². The van der Waals surface area contributed by atoms with Crippen LogP contribution in [0.5, 0.6) is 0 Å². The summed E-state index contributed by atoms with van der Waals surface area (Å²) in [7, 11) is 0.